The summed E-state index contributed by atoms with van der Waals surface area (Å²) in [7, 11) is 5.01. The Labute approximate surface area is 240 Å². The summed E-state index contributed by atoms with van der Waals surface area (Å²) in [6.45, 7) is 0.549. The number of methoxy groups -OCH3 is 2. The molecular weight excluding hydrogens is 544 g/mol. The van der Waals surface area contributed by atoms with Crippen LogP contribution in [0.15, 0.2) is 83.6 Å². The molecule has 2 aromatic carbocycles. The molecule has 9 nitrogen and oxygen atoms in total. The van der Waals surface area contributed by atoms with E-state index in [1.54, 1.807) is 38.6 Å². The highest BCUT2D eigenvalue weighted by Crippen LogP contribution is 2.30. The van der Waals surface area contributed by atoms with Crippen LogP contribution >= 0.6 is 23.1 Å². The van der Waals surface area contributed by atoms with Gasteiger partial charge in [0, 0.05) is 42.6 Å². The van der Waals surface area contributed by atoms with Gasteiger partial charge < -0.3 is 14.4 Å². The first kappa shape index (κ1) is 27.4. The van der Waals surface area contributed by atoms with E-state index < -0.39 is 0 Å². The zero-order chi connectivity index (χ0) is 27.9. The standard InChI is InChI=1S/C29H28N6O3S2/c1-34(15-13-20-11-12-24(37-2)25(16-20)38-3)28(36)23-18-39-26(31-23)19-40-29-33-32-27(21-8-7-14-30-17-21)35(29)22-9-5-4-6-10-22/h4-12,14,16-18H,13,15,19H2,1-3H3. The first-order valence-electron chi connectivity index (χ1n) is 12.5. The molecule has 0 bridgehead atoms. The predicted molar refractivity (Wildman–Crippen MR) is 156 cm³/mol. The lowest BCUT2D eigenvalue weighted by Crippen LogP contribution is -2.29. The number of hydrogen-bond donors (Lipinski definition) is 0. The molecule has 11 heteroatoms. The van der Waals surface area contributed by atoms with E-state index in [0.717, 1.165) is 27.0 Å². The molecule has 0 N–H and O–H groups in total. The highest BCUT2D eigenvalue weighted by atomic mass is 32.2. The Kier molecular flexibility index (Phi) is 8.72. The van der Waals surface area contributed by atoms with E-state index in [0.29, 0.717) is 41.7 Å². The Morgan fingerprint density at radius 1 is 1.02 bits per heavy atom. The van der Waals surface area contributed by atoms with Gasteiger partial charge in [-0.15, -0.1) is 21.5 Å². The van der Waals surface area contributed by atoms with Crippen LogP contribution in [0.3, 0.4) is 0 Å². The molecule has 1 amide bonds. The quantitative estimate of drug-likeness (QED) is 0.194. The van der Waals surface area contributed by atoms with E-state index in [4.69, 9.17) is 9.47 Å². The average Bonchev–Trinajstić information content (AvgIpc) is 3.66. The summed E-state index contributed by atoms with van der Waals surface area (Å²) < 4.78 is 12.7. The van der Waals surface area contributed by atoms with Crippen molar-refractivity contribution in [3.63, 3.8) is 0 Å². The molecule has 5 rings (SSSR count). The average molecular weight is 573 g/mol. The minimum atomic E-state index is -0.112. The minimum Gasteiger partial charge on any atom is -0.493 e. The molecule has 0 aliphatic carbocycles. The fraction of sp³-hybridized carbons (Fsp3) is 0.207. The normalized spacial score (nSPS) is 10.9. The number of amides is 1. The fourth-order valence-corrected chi connectivity index (χ4v) is 5.82. The van der Waals surface area contributed by atoms with Gasteiger partial charge in [0.1, 0.15) is 10.7 Å². The van der Waals surface area contributed by atoms with E-state index in [2.05, 4.69) is 20.2 Å². The maximum Gasteiger partial charge on any atom is 0.273 e. The van der Waals surface area contributed by atoms with Gasteiger partial charge in [0.15, 0.2) is 22.5 Å². The van der Waals surface area contributed by atoms with Crippen molar-refractivity contribution < 1.29 is 14.3 Å². The summed E-state index contributed by atoms with van der Waals surface area (Å²) in [6, 6.07) is 19.6. The molecule has 5 aromatic rings. The molecule has 0 unspecified atom stereocenters. The Balaban J connectivity index is 1.25. The second kappa shape index (κ2) is 12.8. The number of pyridine rings is 1. The van der Waals surface area contributed by atoms with Crippen molar-refractivity contribution in [1.82, 2.24) is 29.6 Å². The molecule has 0 saturated carbocycles. The first-order chi connectivity index (χ1) is 19.6. The van der Waals surface area contributed by atoms with Gasteiger partial charge in [-0.1, -0.05) is 36.0 Å². The Morgan fingerprint density at radius 2 is 1.85 bits per heavy atom. The summed E-state index contributed by atoms with van der Waals surface area (Å²) in [4.78, 5) is 23.6. The van der Waals surface area contributed by atoms with Gasteiger partial charge in [0.05, 0.1) is 20.0 Å². The van der Waals surface area contributed by atoms with Crippen molar-refractivity contribution in [1.29, 1.82) is 0 Å². The molecule has 40 heavy (non-hydrogen) atoms. The van der Waals surface area contributed by atoms with Crippen molar-refractivity contribution in [3.8, 4) is 28.6 Å². The smallest absolute Gasteiger partial charge is 0.273 e. The van der Waals surface area contributed by atoms with Crippen LogP contribution in [0.4, 0.5) is 0 Å². The zero-order valence-electron chi connectivity index (χ0n) is 22.4. The van der Waals surface area contributed by atoms with Gasteiger partial charge in [-0.2, -0.15) is 0 Å². The van der Waals surface area contributed by atoms with Gasteiger partial charge in [-0.3, -0.25) is 14.3 Å². The highest BCUT2D eigenvalue weighted by Gasteiger charge is 2.19. The summed E-state index contributed by atoms with van der Waals surface area (Å²) in [5.74, 6) is 2.52. The molecule has 0 saturated heterocycles. The Hall–Kier alpha value is -4.22. The fourth-order valence-electron chi connectivity index (χ4n) is 4.09. The van der Waals surface area contributed by atoms with Crippen molar-refractivity contribution in [2.45, 2.75) is 17.3 Å². The highest BCUT2D eigenvalue weighted by molar-refractivity contribution is 7.98. The third-order valence-corrected chi connectivity index (χ3v) is 8.17. The van der Waals surface area contributed by atoms with E-state index >= 15 is 0 Å². The Morgan fingerprint density at radius 3 is 2.60 bits per heavy atom. The van der Waals surface area contributed by atoms with Crippen molar-refractivity contribution >= 4 is 29.0 Å². The number of para-hydroxylation sites is 1. The Bertz CT molecular complexity index is 1570. The van der Waals surface area contributed by atoms with E-state index in [1.807, 2.05) is 70.6 Å². The summed E-state index contributed by atoms with van der Waals surface area (Å²) in [5, 5.41) is 12.3. The van der Waals surface area contributed by atoms with Crippen LogP contribution in [-0.4, -0.2) is 63.4 Å². The van der Waals surface area contributed by atoms with Gasteiger partial charge in [0.25, 0.3) is 5.91 Å². The number of aromatic nitrogens is 5. The lowest BCUT2D eigenvalue weighted by Gasteiger charge is -2.16. The third-order valence-electron chi connectivity index (χ3n) is 6.19. The number of likely N-dealkylation sites (N-methyl/N-ethyl adjacent to an activating group) is 1. The van der Waals surface area contributed by atoms with Crippen molar-refractivity contribution in [2.75, 3.05) is 27.8 Å². The zero-order valence-corrected chi connectivity index (χ0v) is 24.0. The lowest BCUT2D eigenvalue weighted by atomic mass is 10.1. The number of hydrogen-bond acceptors (Lipinski definition) is 9. The topological polar surface area (TPSA) is 95.3 Å². The number of ether oxygens (including phenoxy) is 2. The predicted octanol–water partition coefficient (Wildman–Crippen LogP) is 5.41. The SMILES string of the molecule is COc1ccc(CCN(C)C(=O)c2csc(CSc3nnc(-c4cccnc4)n3-c3ccccc3)n2)cc1OC. The number of nitrogens with zero attached hydrogens (tertiary/aromatic N) is 6. The van der Waals surface area contributed by atoms with Crippen LogP contribution in [0.5, 0.6) is 11.5 Å². The number of thiazole rings is 1. The summed E-state index contributed by atoms with van der Waals surface area (Å²) in [5.41, 5.74) is 3.33. The lowest BCUT2D eigenvalue weighted by molar-refractivity contribution is 0.0791. The second-order valence-corrected chi connectivity index (χ2v) is 10.7. The largest absolute Gasteiger partial charge is 0.493 e. The van der Waals surface area contributed by atoms with E-state index in [9.17, 15) is 4.79 Å². The number of carbonyl (C=O) groups is 1. The van der Waals surface area contributed by atoms with Crippen molar-refractivity contribution in [3.05, 3.63) is 94.7 Å². The number of carbonyl (C=O) groups excluding carboxylic acids is 1. The van der Waals surface area contributed by atoms with Crippen LogP contribution in [0.2, 0.25) is 0 Å². The third kappa shape index (κ3) is 6.16. The summed E-state index contributed by atoms with van der Waals surface area (Å²) in [6.07, 6.45) is 4.19. The van der Waals surface area contributed by atoms with Crippen LogP contribution in [0, 0.1) is 0 Å². The minimum absolute atomic E-state index is 0.112. The van der Waals surface area contributed by atoms with E-state index in [1.165, 1.54) is 23.1 Å². The van der Waals surface area contributed by atoms with Crippen molar-refractivity contribution in [2.24, 2.45) is 0 Å². The van der Waals surface area contributed by atoms with Crippen LogP contribution in [-0.2, 0) is 12.2 Å². The van der Waals surface area contributed by atoms with Gasteiger partial charge in [-0.25, -0.2) is 4.98 Å². The molecule has 0 aliphatic heterocycles. The van der Waals surface area contributed by atoms with E-state index in [-0.39, 0.29) is 5.91 Å². The molecule has 0 spiro atoms. The van der Waals surface area contributed by atoms with Crippen LogP contribution in [0.25, 0.3) is 17.1 Å². The maximum absolute atomic E-state index is 13.1. The molecule has 0 atom stereocenters. The van der Waals surface area contributed by atoms with Gasteiger partial charge in [0.2, 0.25) is 0 Å². The molecule has 0 aliphatic rings. The molecule has 0 fully saturated rings. The number of thioether (sulfide) groups is 1. The van der Waals surface area contributed by atoms with Crippen LogP contribution in [0.1, 0.15) is 21.1 Å². The maximum atomic E-state index is 13.1. The van der Waals surface area contributed by atoms with Gasteiger partial charge in [-0.05, 0) is 48.4 Å². The molecule has 204 valence electrons. The molecule has 3 aromatic heterocycles. The monoisotopic (exact) mass is 572 g/mol. The number of benzene rings is 2. The van der Waals surface area contributed by atoms with Crippen LogP contribution < -0.4 is 9.47 Å². The molecular formula is C29H28N6O3S2. The number of rotatable bonds is 11. The van der Waals surface area contributed by atoms with Gasteiger partial charge >= 0.3 is 0 Å². The molecule has 0 radical (unpaired) electrons. The second-order valence-electron chi connectivity index (χ2n) is 8.80. The first-order valence-corrected chi connectivity index (χ1v) is 14.4. The summed E-state index contributed by atoms with van der Waals surface area (Å²) >= 11 is 2.99. The molecule has 3 heterocycles.